The monoisotopic (exact) mass is 373 g/mol. The van der Waals surface area contributed by atoms with Crippen LogP contribution in [-0.4, -0.2) is 11.9 Å². The Morgan fingerprint density at radius 1 is 0.821 bits per heavy atom. The van der Waals surface area contributed by atoms with E-state index in [1.165, 1.54) is 6.92 Å². The molecule has 0 saturated heterocycles. The fourth-order valence-corrected chi connectivity index (χ4v) is 3.20. The summed E-state index contributed by atoms with van der Waals surface area (Å²) in [5.41, 5.74) is 3.51. The van der Waals surface area contributed by atoms with E-state index in [0.717, 1.165) is 22.4 Å². The summed E-state index contributed by atoms with van der Waals surface area (Å²) in [5, 5.41) is 0. The van der Waals surface area contributed by atoms with Crippen molar-refractivity contribution in [3.63, 3.8) is 0 Å². The maximum absolute atomic E-state index is 12.3. The first-order chi connectivity index (χ1) is 13.6. The minimum Gasteiger partial charge on any atom is -0.453 e. The highest BCUT2D eigenvalue weighted by atomic mass is 16.5. The summed E-state index contributed by atoms with van der Waals surface area (Å²) in [5.74, 6) is -0.403. The zero-order valence-electron chi connectivity index (χ0n) is 16.0. The van der Waals surface area contributed by atoms with Gasteiger partial charge in [-0.2, -0.15) is 0 Å². The first kappa shape index (κ1) is 19.4. The molecule has 0 aliphatic carbocycles. The second-order valence-electron chi connectivity index (χ2n) is 6.54. The third-order valence-corrected chi connectivity index (χ3v) is 4.50. The standard InChI is InChI=1S/C24H23NO3/c1-18(26)25(22-14-7-4-8-15-22)17-21-13-9-10-16-23(21)24(28-19(2)27)20-11-5-3-6-12-20/h3-16,24H,17H2,1-2H3/t24-/m0/s1. The van der Waals surface area contributed by atoms with Crippen molar-refractivity contribution in [3.05, 3.63) is 102 Å². The molecule has 0 saturated carbocycles. The Labute approximate surface area is 165 Å². The third-order valence-electron chi connectivity index (χ3n) is 4.50. The van der Waals surface area contributed by atoms with Crippen molar-refractivity contribution in [2.45, 2.75) is 26.5 Å². The number of carbonyl (C=O) groups is 2. The summed E-state index contributed by atoms with van der Waals surface area (Å²) in [4.78, 5) is 25.8. The molecular formula is C24H23NO3. The SMILES string of the molecule is CC(=O)O[C@@H](c1ccccc1)c1ccccc1CN(C(C)=O)c1ccccc1. The predicted octanol–water partition coefficient (Wildman–Crippen LogP) is 4.89. The van der Waals surface area contributed by atoms with Crippen LogP contribution in [0.25, 0.3) is 0 Å². The Hall–Kier alpha value is -3.40. The maximum atomic E-state index is 12.3. The van der Waals surface area contributed by atoms with Crippen LogP contribution in [0.3, 0.4) is 0 Å². The van der Waals surface area contributed by atoms with Gasteiger partial charge in [-0.05, 0) is 23.3 Å². The zero-order chi connectivity index (χ0) is 19.9. The van der Waals surface area contributed by atoms with Crippen molar-refractivity contribution in [1.29, 1.82) is 0 Å². The van der Waals surface area contributed by atoms with Gasteiger partial charge in [0.05, 0.1) is 6.54 Å². The van der Waals surface area contributed by atoms with Gasteiger partial charge in [0.1, 0.15) is 0 Å². The number of anilines is 1. The lowest BCUT2D eigenvalue weighted by molar-refractivity contribution is -0.144. The number of amides is 1. The van der Waals surface area contributed by atoms with Crippen LogP contribution in [0.4, 0.5) is 5.69 Å². The number of nitrogens with zero attached hydrogens (tertiary/aromatic N) is 1. The fourth-order valence-electron chi connectivity index (χ4n) is 3.20. The number of benzene rings is 3. The van der Waals surface area contributed by atoms with Crippen LogP contribution >= 0.6 is 0 Å². The molecule has 0 unspecified atom stereocenters. The Balaban J connectivity index is 2.01. The summed E-state index contributed by atoms with van der Waals surface area (Å²) in [6.45, 7) is 3.35. The van der Waals surface area contributed by atoms with E-state index in [4.69, 9.17) is 4.74 Å². The molecular weight excluding hydrogens is 350 g/mol. The number of rotatable bonds is 6. The lowest BCUT2D eigenvalue weighted by atomic mass is 9.96. The van der Waals surface area contributed by atoms with Gasteiger partial charge in [0.25, 0.3) is 0 Å². The van der Waals surface area contributed by atoms with Crippen LogP contribution in [0.1, 0.15) is 36.6 Å². The van der Waals surface area contributed by atoms with Crippen molar-refractivity contribution >= 4 is 17.6 Å². The van der Waals surface area contributed by atoms with Crippen LogP contribution in [-0.2, 0) is 20.9 Å². The molecule has 28 heavy (non-hydrogen) atoms. The molecule has 1 amide bonds. The zero-order valence-corrected chi connectivity index (χ0v) is 16.0. The molecule has 0 fully saturated rings. The fraction of sp³-hybridized carbons (Fsp3) is 0.167. The highest BCUT2D eigenvalue weighted by Gasteiger charge is 2.22. The Kier molecular flexibility index (Phi) is 6.22. The first-order valence-electron chi connectivity index (χ1n) is 9.19. The van der Waals surface area contributed by atoms with Crippen LogP contribution < -0.4 is 4.90 Å². The molecule has 3 aromatic carbocycles. The summed E-state index contributed by atoms with van der Waals surface area (Å²) < 4.78 is 5.67. The van der Waals surface area contributed by atoms with E-state index in [9.17, 15) is 9.59 Å². The molecule has 3 aromatic rings. The van der Waals surface area contributed by atoms with Crippen LogP contribution in [0.5, 0.6) is 0 Å². The number of ether oxygens (including phenoxy) is 1. The second kappa shape index (κ2) is 9.00. The Morgan fingerprint density at radius 3 is 2.00 bits per heavy atom. The van der Waals surface area contributed by atoms with Gasteiger partial charge in [-0.1, -0.05) is 72.8 Å². The van der Waals surface area contributed by atoms with E-state index in [1.807, 2.05) is 84.9 Å². The second-order valence-corrected chi connectivity index (χ2v) is 6.54. The smallest absolute Gasteiger partial charge is 0.303 e. The molecule has 0 heterocycles. The van der Waals surface area contributed by atoms with Gasteiger partial charge >= 0.3 is 5.97 Å². The highest BCUT2D eigenvalue weighted by molar-refractivity contribution is 5.91. The van der Waals surface area contributed by atoms with Crippen molar-refractivity contribution < 1.29 is 14.3 Å². The highest BCUT2D eigenvalue weighted by Crippen LogP contribution is 2.30. The molecule has 0 bridgehead atoms. The summed E-state index contributed by atoms with van der Waals surface area (Å²) >= 11 is 0. The Bertz CT molecular complexity index is 938. The molecule has 0 aliphatic heterocycles. The van der Waals surface area contributed by atoms with Crippen molar-refractivity contribution in [2.24, 2.45) is 0 Å². The van der Waals surface area contributed by atoms with Crippen molar-refractivity contribution in [1.82, 2.24) is 0 Å². The van der Waals surface area contributed by atoms with Gasteiger partial charge in [0.2, 0.25) is 5.91 Å². The van der Waals surface area contributed by atoms with E-state index >= 15 is 0 Å². The molecule has 4 heteroatoms. The van der Waals surface area contributed by atoms with Gasteiger partial charge in [0.15, 0.2) is 6.10 Å². The molecule has 0 aromatic heterocycles. The molecule has 142 valence electrons. The number of carbonyl (C=O) groups excluding carboxylic acids is 2. The lowest BCUT2D eigenvalue weighted by Crippen LogP contribution is -2.28. The minimum absolute atomic E-state index is 0.0512. The summed E-state index contributed by atoms with van der Waals surface area (Å²) in [6, 6.07) is 26.9. The average molecular weight is 373 g/mol. The minimum atomic E-state index is -0.528. The van der Waals surface area contributed by atoms with Gasteiger partial charge in [-0.3, -0.25) is 9.59 Å². The van der Waals surface area contributed by atoms with E-state index in [2.05, 4.69) is 0 Å². The normalized spacial score (nSPS) is 11.5. The number of esters is 1. The molecule has 0 spiro atoms. The molecule has 1 atom stereocenters. The van der Waals surface area contributed by atoms with Crippen molar-refractivity contribution in [2.75, 3.05) is 4.90 Å². The van der Waals surface area contributed by atoms with E-state index < -0.39 is 6.10 Å². The van der Waals surface area contributed by atoms with Crippen molar-refractivity contribution in [3.8, 4) is 0 Å². The predicted molar refractivity (Wildman–Crippen MR) is 110 cm³/mol. The maximum Gasteiger partial charge on any atom is 0.303 e. The molecule has 0 N–H and O–H groups in total. The van der Waals surface area contributed by atoms with E-state index in [-0.39, 0.29) is 11.9 Å². The van der Waals surface area contributed by atoms with Crippen LogP contribution in [0, 0.1) is 0 Å². The largest absolute Gasteiger partial charge is 0.453 e. The summed E-state index contributed by atoms with van der Waals surface area (Å²) in [7, 11) is 0. The molecule has 4 nitrogen and oxygen atoms in total. The quantitative estimate of drug-likeness (QED) is 0.578. The van der Waals surface area contributed by atoms with Crippen LogP contribution in [0.2, 0.25) is 0 Å². The van der Waals surface area contributed by atoms with Gasteiger partial charge in [-0.15, -0.1) is 0 Å². The lowest BCUT2D eigenvalue weighted by Gasteiger charge is -2.25. The third kappa shape index (κ3) is 4.65. The number of hydrogen-bond donors (Lipinski definition) is 0. The van der Waals surface area contributed by atoms with Gasteiger partial charge in [0, 0.05) is 25.1 Å². The number of para-hydroxylation sites is 1. The molecule has 3 rings (SSSR count). The van der Waals surface area contributed by atoms with E-state index in [1.54, 1.807) is 11.8 Å². The first-order valence-corrected chi connectivity index (χ1v) is 9.19. The van der Waals surface area contributed by atoms with Crippen LogP contribution in [0.15, 0.2) is 84.9 Å². The molecule has 0 aliphatic rings. The summed E-state index contributed by atoms with van der Waals surface area (Å²) in [6.07, 6.45) is -0.528. The van der Waals surface area contributed by atoms with E-state index in [0.29, 0.717) is 6.54 Å². The average Bonchev–Trinajstić information content (AvgIpc) is 2.71. The van der Waals surface area contributed by atoms with Gasteiger partial charge < -0.3 is 9.64 Å². The Morgan fingerprint density at radius 2 is 1.39 bits per heavy atom. The van der Waals surface area contributed by atoms with Gasteiger partial charge in [-0.25, -0.2) is 0 Å². The molecule has 0 radical (unpaired) electrons. The number of hydrogen-bond acceptors (Lipinski definition) is 3. The topological polar surface area (TPSA) is 46.6 Å².